The predicted molar refractivity (Wildman–Crippen MR) is 35.3 cm³/mol. The van der Waals surface area contributed by atoms with Crippen LogP contribution in [0.3, 0.4) is 0 Å². The zero-order valence-corrected chi connectivity index (χ0v) is 6.62. The maximum absolute atomic E-state index is 10.7. The van der Waals surface area contributed by atoms with E-state index in [1.54, 1.807) is 12.1 Å². The second kappa shape index (κ2) is 2.82. The summed E-state index contributed by atoms with van der Waals surface area (Å²) in [6.45, 7) is 0. The number of carbonyl (C=O) groups excluding carboxylic acids is 1. The normalized spacial score (nSPS) is 9.20. The van der Waals surface area contributed by atoms with Crippen LogP contribution in [-0.2, 0) is 4.79 Å². The van der Waals surface area contributed by atoms with Crippen LogP contribution in [0.2, 0.25) is 0 Å². The standard InChI is InChI=1S/C6H4O3Se/c7-5(6(8)9)4-2-1-3-10-4/h1-3H,(H,8,9). The number of Topliss-reactive ketones (excluding diaryl/α,β-unsaturated/α-hetero) is 1. The van der Waals surface area contributed by atoms with Gasteiger partial charge in [-0.2, -0.15) is 0 Å². The summed E-state index contributed by atoms with van der Waals surface area (Å²) in [4.78, 5) is 22.5. The summed E-state index contributed by atoms with van der Waals surface area (Å²) in [7, 11) is 0. The van der Waals surface area contributed by atoms with Gasteiger partial charge in [0.2, 0.25) is 0 Å². The molecule has 0 atom stereocenters. The van der Waals surface area contributed by atoms with E-state index in [4.69, 9.17) is 5.11 Å². The van der Waals surface area contributed by atoms with Crippen molar-refractivity contribution in [1.82, 2.24) is 0 Å². The van der Waals surface area contributed by atoms with Crippen molar-refractivity contribution in [2.45, 2.75) is 0 Å². The Bertz CT molecular complexity index is 250. The molecule has 4 heteroatoms. The van der Waals surface area contributed by atoms with Crippen LogP contribution in [0.1, 0.15) is 9.23 Å². The van der Waals surface area contributed by atoms with E-state index in [1.807, 2.05) is 4.94 Å². The molecule has 52 valence electrons. The molecule has 0 aliphatic heterocycles. The third-order valence-electron chi connectivity index (χ3n) is 0.939. The first-order chi connectivity index (χ1) is 4.72. The maximum atomic E-state index is 10.7. The van der Waals surface area contributed by atoms with Crippen LogP contribution >= 0.6 is 0 Å². The van der Waals surface area contributed by atoms with Gasteiger partial charge in [0, 0.05) is 0 Å². The minimum absolute atomic E-state index is 0.0600. The van der Waals surface area contributed by atoms with Crippen LogP contribution in [0.4, 0.5) is 0 Å². The van der Waals surface area contributed by atoms with E-state index in [0.717, 1.165) is 0 Å². The third kappa shape index (κ3) is 1.35. The van der Waals surface area contributed by atoms with Crippen LogP contribution < -0.4 is 0 Å². The minimum atomic E-state index is -1.36. The molecule has 0 aromatic carbocycles. The van der Waals surface area contributed by atoms with Gasteiger partial charge in [-0.05, 0) is 0 Å². The topological polar surface area (TPSA) is 54.4 Å². The van der Waals surface area contributed by atoms with Crippen LogP contribution in [0.25, 0.3) is 0 Å². The Kier molecular flexibility index (Phi) is 2.04. The second-order valence-electron chi connectivity index (χ2n) is 1.61. The van der Waals surface area contributed by atoms with Crippen molar-refractivity contribution >= 4 is 26.3 Å². The van der Waals surface area contributed by atoms with Gasteiger partial charge in [0.1, 0.15) is 0 Å². The summed E-state index contributed by atoms with van der Waals surface area (Å²) in [6, 6.07) is 3.26. The van der Waals surface area contributed by atoms with E-state index in [2.05, 4.69) is 0 Å². The average Bonchev–Trinajstić information content (AvgIpc) is 2.36. The molecule has 10 heavy (non-hydrogen) atoms. The Balaban J connectivity index is 2.88. The van der Waals surface area contributed by atoms with Gasteiger partial charge in [-0.15, -0.1) is 0 Å². The summed E-state index contributed by atoms with van der Waals surface area (Å²) < 4.78 is 0.417. The van der Waals surface area contributed by atoms with Crippen LogP contribution in [0.5, 0.6) is 0 Å². The molecule has 0 aliphatic rings. The van der Waals surface area contributed by atoms with Crippen molar-refractivity contribution in [2.75, 3.05) is 0 Å². The fourth-order valence-electron chi connectivity index (χ4n) is 0.513. The molecule has 0 aliphatic carbocycles. The van der Waals surface area contributed by atoms with E-state index >= 15 is 0 Å². The number of carboxylic acid groups (broad SMARTS) is 1. The molecule has 1 heterocycles. The second-order valence-corrected chi connectivity index (χ2v) is 3.60. The number of aliphatic carboxylic acids is 1. The van der Waals surface area contributed by atoms with E-state index in [0.29, 0.717) is 4.44 Å². The number of hydrogen-bond donors (Lipinski definition) is 1. The molecule has 1 N–H and O–H groups in total. The summed E-state index contributed by atoms with van der Waals surface area (Å²) in [5.74, 6) is -2.14. The van der Waals surface area contributed by atoms with Gasteiger partial charge in [0.15, 0.2) is 0 Å². The van der Waals surface area contributed by atoms with E-state index < -0.39 is 11.8 Å². The molecule has 0 fully saturated rings. The van der Waals surface area contributed by atoms with E-state index in [1.165, 1.54) is 0 Å². The van der Waals surface area contributed by atoms with Crippen molar-refractivity contribution in [2.24, 2.45) is 0 Å². The molecule has 0 spiro atoms. The number of rotatable bonds is 2. The number of carbonyl (C=O) groups is 2. The fraction of sp³-hybridized carbons (Fsp3) is 0. The molecule has 3 nitrogen and oxygen atoms in total. The number of hydrogen-bond acceptors (Lipinski definition) is 2. The Hall–Kier alpha value is -0.861. The number of ketones is 1. The quantitative estimate of drug-likeness (QED) is 0.418. The molecule has 0 saturated carbocycles. The summed E-state index contributed by atoms with van der Waals surface area (Å²) >= 11 is -0.0600. The Morgan fingerprint density at radius 2 is 2.20 bits per heavy atom. The van der Waals surface area contributed by atoms with Crippen LogP contribution in [0, 0.1) is 0 Å². The first-order valence-corrected chi connectivity index (χ1v) is 4.37. The molecule has 1 aromatic rings. The monoisotopic (exact) mass is 204 g/mol. The van der Waals surface area contributed by atoms with Crippen LogP contribution in [-0.4, -0.2) is 31.4 Å². The van der Waals surface area contributed by atoms with Crippen molar-refractivity contribution in [3.8, 4) is 0 Å². The Morgan fingerprint density at radius 1 is 1.50 bits per heavy atom. The Labute approximate surface area is 63.0 Å². The molecule has 1 aromatic heterocycles. The van der Waals surface area contributed by atoms with E-state index in [-0.39, 0.29) is 14.5 Å². The average molecular weight is 203 g/mol. The molecule has 0 bridgehead atoms. The van der Waals surface area contributed by atoms with Gasteiger partial charge in [-0.3, -0.25) is 0 Å². The fourth-order valence-corrected chi connectivity index (χ4v) is 1.89. The summed E-state index contributed by atoms with van der Waals surface area (Å²) in [5, 5.41) is 8.23. The Morgan fingerprint density at radius 3 is 2.60 bits per heavy atom. The van der Waals surface area contributed by atoms with Crippen molar-refractivity contribution in [3.05, 3.63) is 21.5 Å². The molecule has 0 saturated heterocycles. The van der Waals surface area contributed by atoms with Crippen molar-refractivity contribution < 1.29 is 14.7 Å². The zero-order chi connectivity index (χ0) is 7.56. The molecular weight excluding hydrogens is 199 g/mol. The summed E-state index contributed by atoms with van der Waals surface area (Å²) in [5.41, 5.74) is 0. The first kappa shape index (κ1) is 7.25. The molecule has 0 radical (unpaired) electrons. The zero-order valence-electron chi connectivity index (χ0n) is 4.90. The molecule has 1 rings (SSSR count). The predicted octanol–water partition coefficient (Wildman–Crippen LogP) is 0.0109. The summed E-state index contributed by atoms with van der Waals surface area (Å²) in [6.07, 6.45) is 0. The number of carboxylic acids is 1. The van der Waals surface area contributed by atoms with Gasteiger partial charge >= 0.3 is 62.5 Å². The van der Waals surface area contributed by atoms with Crippen LogP contribution in [0.15, 0.2) is 17.1 Å². The van der Waals surface area contributed by atoms with Gasteiger partial charge in [-0.1, -0.05) is 0 Å². The van der Waals surface area contributed by atoms with Gasteiger partial charge in [0.05, 0.1) is 0 Å². The van der Waals surface area contributed by atoms with Crippen molar-refractivity contribution in [1.29, 1.82) is 0 Å². The van der Waals surface area contributed by atoms with Gasteiger partial charge in [-0.25, -0.2) is 0 Å². The van der Waals surface area contributed by atoms with E-state index in [9.17, 15) is 9.59 Å². The van der Waals surface area contributed by atoms with Gasteiger partial charge in [0.25, 0.3) is 0 Å². The van der Waals surface area contributed by atoms with Gasteiger partial charge < -0.3 is 0 Å². The molecular formula is C6H4O3Se. The third-order valence-corrected chi connectivity index (χ3v) is 2.76. The first-order valence-electron chi connectivity index (χ1n) is 2.53. The molecule has 0 unspecified atom stereocenters. The molecule has 0 amide bonds. The van der Waals surface area contributed by atoms with Crippen molar-refractivity contribution in [3.63, 3.8) is 0 Å². The SMILES string of the molecule is O=C(O)C(=O)c1ccc[se]1.